The highest BCUT2D eigenvalue weighted by atomic mass is 16.1. The molecule has 1 aromatic rings. The summed E-state index contributed by atoms with van der Waals surface area (Å²) < 4.78 is 0. The van der Waals surface area contributed by atoms with Crippen molar-refractivity contribution in [1.29, 1.82) is 0 Å². The van der Waals surface area contributed by atoms with Crippen LogP contribution in [0.25, 0.3) is 0 Å². The van der Waals surface area contributed by atoms with E-state index in [-0.39, 0.29) is 17.1 Å². The van der Waals surface area contributed by atoms with Crippen LogP contribution in [0.4, 0.5) is 11.5 Å². The molecule has 11 heavy (non-hydrogen) atoms. The number of rotatable bonds is 1. The van der Waals surface area contributed by atoms with Crippen LogP contribution >= 0.6 is 0 Å². The van der Waals surface area contributed by atoms with E-state index >= 15 is 0 Å². The van der Waals surface area contributed by atoms with Crippen molar-refractivity contribution in [1.82, 2.24) is 9.97 Å². The molecule has 0 spiro atoms. The summed E-state index contributed by atoms with van der Waals surface area (Å²) in [6, 6.07) is 0. The number of aromatic nitrogens is 2. The van der Waals surface area contributed by atoms with Crippen molar-refractivity contribution in [2.45, 2.75) is 6.92 Å². The van der Waals surface area contributed by atoms with E-state index < -0.39 is 0 Å². The van der Waals surface area contributed by atoms with Crippen molar-refractivity contribution in [2.75, 3.05) is 11.2 Å². The van der Waals surface area contributed by atoms with Crippen LogP contribution in [-0.4, -0.2) is 9.97 Å². The summed E-state index contributed by atoms with van der Waals surface area (Å²) in [5.74, 6) is 5.71. The Balaban J connectivity index is 3.36. The minimum Gasteiger partial charge on any atom is -0.391 e. The van der Waals surface area contributed by atoms with Gasteiger partial charge in [0.2, 0.25) is 0 Å². The molecule has 0 aliphatic carbocycles. The van der Waals surface area contributed by atoms with Gasteiger partial charge in [-0.2, -0.15) is 0 Å². The first-order valence-corrected chi connectivity index (χ1v) is 2.98. The molecule has 0 radical (unpaired) electrons. The molecule has 0 aliphatic heterocycles. The molecule has 0 atom stereocenters. The quantitative estimate of drug-likeness (QED) is 0.305. The van der Waals surface area contributed by atoms with Gasteiger partial charge < -0.3 is 16.1 Å². The zero-order chi connectivity index (χ0) is 8.43. The molecule has 0 fully saturated rings. The molecular formula is C5H9N5O. The van der Waals surface area contributed by atoms with E-state index in [2.05, 4.69) is 15.4 Å². The van der Waals surface area contributed by atoms with Crippen molar-refractivity contribution in [3.05, 3.63) is 16.2 Å². The lowest BCUT2D eigenvalue weighted by atomic mass is 10.4. The molecule has 0 bridgehead atoms. The predicted molar refractivity (Wildman–Crippen MR) is 41.8 cm³/mol. The topological polar surface area (TPSA) is 110 Å². The summed E-state index contributed by atoms with van der Waals surface area (Å²) in [7, 11) is 0. The van der Waals surface area contributed by atoms with Crippen LogP contribution in [-0.2, 0) is 0 Å². The zero-order valence-electron chi connectivity index (χ0n) is 6.01. The summed E-state index contributed by atoms with van der Waals surface area (Å²) in [5.41, 5.74) is 7.15. The van der Waals surface area contributed by atoms with Crippen molar-refractivity contribution in [2.24, 2.45) is 5.84 Å². The lowest BCUT2D eigenvalue weighted by Gasteiger charge is -2.02. The zero-order valence-corrected chi connectivity index (χ0v) is 6.01. The van der Waals surface area contributed by atoms with Crippen LogP contribution in [0.1, 0.15) is 5.82 Å². The number of nitrogens with two attached hydrogens (primary N) is 2. The van der Waals surface area contributed by atoms with E-state index in [1.807, 2.05) is 0 Å². The monoisotopic (exact) mass is 155 g/mol. The van der Waals surface area contributed by atoms with E-state index in [1.165, 1.54) is 0 Å². The number of hydrogen-bond donors (Lipinski definition) is 4. The molecule has 0 unspecified atom stereocenters. The maximum absolute atomic E-state index is 10.9. The average Bonchev–Trinajstić information content (AvgIpc) is 1.96. The molecule has 0 saturated carbocycles. The molecule has 6 heteroatoms. The van der Waals surface area contributed by atoms with Crippen molar-refractivity contribution in [3.8, 4) is 0 Å². The second kappa shape index (κ2) is 2.59. The van der Waals surface area contributed by atoms with Gasteiger partial charge in [0.05, 0.1) is 0 Å². The summed E-state index contributed by atoms with van der Waals surface area (Å²) in [4.78, 5) is 17.2. The highest BCUT2D eigenvalue weighted by Gasteiger charge is 2.02. The fraction of sp³-hybridized carbons (Fsp3) is 0.200. The number of anilines is 2. The minimum absolute atomic E-state index is 0.00176. The van der Waals surface area contributed by atoms with E-state index in [0.717, 1.165) is 0 Å². The molecule has 0 aromatic carbocycles. The van der Waals surface area contributed by atoms with Crippen molar-refractivity contribution < 1.29 is 0 Å². The van der Waals surface area contributed by atoms with E-state index in [0.29, 0.717) is 5.82 Å². The number of hydrogen-bond acceptors (Lipinski definition) is 5. The second-order valence-corrected chi connectivity index (χ2v) is 2.06. The fourth-order valence-corrected chi connectivity index (χ4v) is 0.705. The third-order valence-corrected chi connectivity index (χ3v) is 1.21. The van der Waals surface area contributed by atoms with E-state index in [9.17, 15) is 4.79 Å². The van der Waals surface area contributed by atoms with Gasteiger partial charge in [-0.3, -0.25) is 4.79 Å². The van der Waals surface area contributed by atoms with Crippen LogP contribution in [0.5, 0.6) is 0 Å². The van der Waals surface area contributed by atoms with Gasteiger partial charge in [-0.1, -0.05) is 0 Å². The normalized spacial score (nSPS) is 9.64. The molecule has 0 aliphatic rings. The largest absolute Gasteiger partial charge is 0.391 e. The Hall–Kier alpha value is -1.56. The van der Waals surface area contributed by atoms with Gasteiger partial charge in [-0.15, -0.1) is 0 Å². The van der Waals surface area contributed by atoms with E-state index in [1.54, 1.807) is 6.92 Å². The lowest BCUT2D eigenvalue weighted by molar-refractivity contribution is 1.02. The first kappa shape index (κ1) is 7.55. The molecule has 0 amide bonds. The maximum Gasteiger partial charge on any atom is 0.276 e. The van der Waals surface area contributed by atoms with Gasteiger partial charge in [0, 0.05) is 0 Å². The Labute approximate surface area is 62.6 Å². The second-order valence-electron chi connectivity index (χ2n) is 2.06. The van der Waals surface area contributed by atoms with Crippen molar-refractivity contribution >= 4 is 11.5 Å². The molecule has 1 aromatic heterocycles. The number of aromatic amines is 1. The molecule has 0 saturated heterocycles. The molecule has 1 rings (SSSR count). The standard InChI is InChI=1S/C5H9N5O/c1-2-8-4(10-7)3(6)5(11)9-2/h6-7H2,1H3,(H2,8,9,10,11). The van der Waals surface area contributed by atoms with Crippen LogP contribution in [0, 0.1) is 6.92 Å². The Morgan fingerprint density at radius 1 is 1.64 bits per heavy atom. The fourth-order valence-electron chi connectivity index (χ4n) is 0.705. The van der Waals surface area contributed by atoms with Crippen LogP contribution in [0.2, 0.25) is 0 Å². The SMILES string of the molecule is Cc1nc(NN)c(N)c(=O)[nH]1. The maximum atomic E-state index is 10.9. The van der Waals surface area contributed by atoms with Gasteiger partial charge >= 0.3 is 0 Å². The first-order valence-electron chi connectivity index (χ1n) is 2.98. The van der Waals surface area contributed by atoms with Gasteiger partial charge in [0.25, 0.3) is 5.56 Å². The number of hydrazine groups is 1. The summed E-state index contributed by atoms with van der Waals surface area (Å²) >= 11 is 0. The predicted octanol–water partition coefficient (Wildman–Crippen LogP) is -1.05. The number of nitrogens with one attached hydrogen (secondary N) is 2. The molecular weight excluding hydrogens is 146 g/mol. The summed E-state index contributed by atoms with van der Waals surface area (Å²) in [5, 5.41) is 0. The first-order chi connectivity index (χ1) is 5.15. The Kier molecular flexibility index (Phi) is 1.77. The lowest BCUT2D eigenvalue weighted by Crippen LogP contribution is -2.20. The van der Waals surface area contributed by atoms with Gasteiger partial charge in [0.1, 0.15) is 11.5 Å². The summed E-state index contributed by atoms with van der Waals surface area (Å²) in [6.07, 6.45) is 0. The number of aryl methyl sites for hydroxylation is 1. The van der Waals surface area contributed by atoms with Gasteiger partial charge in [-0.05, 0) is 6.92 Å². The average molecular weight is 155 g/mol. The van der Waals surface area contributed by atoms with Crippen molar-refractivity contribution in [3.63, 3.8) is 0 Å². The smallest absolute Gasteiger partial charge is 0.276 e. The Bertz CT molecular complexity index is 317. The summed E-state index contributed by atoms with van der Waals surface area (Å²) in [6.45, 7) is 1.64. The highest BCUT2D eigenvalue weighted by Crippen LogP contribution is 2.05. The highest BCUT2D eigenvalue weighted by molar-refractivity contribution is 5.58. The molecule has 1 heterocycles. The number of nitrogen functional groups attached to an aromatic ring is 2. The third kappa shape index (κ3) is 1.30. The third-order valence-electron chi connectivity index (χ3n) is 1.21. The van der Waals surface area contributed by atoms with Crippen LogP contribution in [0.15, 0.2) is 4.79 Å². The molecule has 60 valence electrons. The Morgan fingerprint density at radius 3 is 2.82 bits per heavy atom. The van der Waals surface area contributed by atoms with Gasteiger partial charge in [0.15, 0.2) is 5.82 Å². The Morgan fingerprint density at radius 2 is 2.27 bits per heavy atom. The van der Waals surface area contributed by atoms with E-state index in [4.69, 9.17) is 11.6 Å². The van der Waals surface area contributed by atoms with Crippen LogP contribution in [0.3, 0.4) is 0 Å². The number of H-pyrrole nitrogens is 1. The minimum atomic E-state index is -0.384. The number of nitrogens with zero attached hydrogens (tertiary/aromatic N) is 1. The molecule has 6 N–H and O–H groups in total. The molecule has 6 nitrogen and oxygen atoms in total. The van der Waals surface area contributed by atoms with Gasteiger partial charge in [-0.25, -0.2) is 10.8 Å². The van der Waals surface area contributed by atoms with Crippen LogP contribution < -0.4 is 22.6 Å².